The average Bonchev–Trinajstić information content (AvgIpc) is 3.90. The lowest BCUT2D eigenvalue weighted by molar-refractivity contribution is 0.669. The molecule has 282 valence electrons. The molecule has 12 rings (SSSR count). The summed E-state index contributed by atoms with van der Waals surface area (Å²) in [7, 11) is 0. The SMILES string of the molecule is c1ccc2c(N(c3ccc(-c4ccc(N(c5cccc6ccccc56)c5cccc6c5oc5ccccc56)cc4)cc3)c3cccc4c3oc3ccccc34)cccc2c1. The predicted molar refractivity (Wildman–Crippen MR) is 251 cm³/mol. The van der Waals surface area contributed by atoms with Crippen LogP contribution in [0, 0.1) is 0 Å². The number of benzene rings is 10. The summed E-state index contributed by atoms with van der Waals surface area (Å²) >= 11 is 0. The molecule has 2 heterocycles. The van der Waals surface area contributed by atoms with Crippen LogP contribution in [0.3, 0.4) is 0 Å². The molecular weight excluding hydrogens is 733 g/mol. The first-order chi connectivity index (χ1) is 29.8. The Labute approximate surface area is 346 Å². The van der Waals surface area contributed by atoms with Gasteiger partial charge in [-0.05, 0) is 82.6 Å². The van der Waals surface area contributed by atoms with Gasteiger partial charge in [0, 0.05) is 43.7 Å². The molecular formula is C56H36N2O2. The minimum atomic E-state index is 0.861. The fourth-order valence-corrected chi connectivity index (χ4v) is 9.05. The van der Waals surface area contributed by atoms with E-state index in [2.05, 4.69) is 204 Å². The number of rotatable bonds is 7. The Morgan fingerprint density at radius 1 is 0.250 bits per heavy atom. The van der Waals surface area contributed by atoms with Crippen molar-refractivity contribution in [3.63, 3.8) is 0 Å². The van der Waals surface area contributed by atoms with Gasteiger partial charge >= 0.3 is 0 Å². The van der Waals surface area contributed by atoms with Gasteiger partial charge in [0.2, 0.25) is 0 Å². The van der Waals surface area contributed by atoms with Crippen molar-refractivity contribution in [2.24, 2.45) is 0 Å². The van der Waals surface area contributed by atoms with Crippen LogP contribution < -0.4 is 9.80 Å². The summed E-state index contributed by atoms with van der Waals surface area (Å²) in [5.41, 5.74) is 12.0. The van der Waals surface area contributed by atoms with Gasteiger partial charge < -0.3 is 18.6 Å². The summed E-state index contributed by atoms with van der Waals surface area (Å²) in [4.78, 5) is 4.67. The van der Waals surface area contributed by atoms with E-state index in [1.807, 2.05) is 24.3 Å². The maximum Gasteiger partial charge on any atom is 0.159 e. The number of anilines is 6. The van der Waals surface area contributed by atoms with Gasteiger partial charge in [0.1, 0.15) is 11.2 Å². The topological polar surface area (TPSA) is 32.8 Å². The van der Waals surface area contributed by atoms with Gasteiger partial charge in [-0.15, -0.1) is 0 Å². The fraction of sp³-hybridized carbons (Fsp3) is 0. The molecule has 10 aromatic carbocycles. The lowest BCUT2D eigenvalue weighted by atomic mass is 10.0. The smallest absolute Gasteiger partial charge is 0.159 e. The first kappa shape index (κ1) is 34.0. The summed E-state index contributed by atoms with van der Waals surface area (Å²) < 4.78 is 13.2. The molecule has 0 saturated heterocycles. The number of hydrogen-bond acceptors (Lipinski definition) is 4. The third-order valence-corrected chi connectivity index (χ3v) is 11.8. The van der Waals surface area contributed by atoms with E-state index >= 15 is 0 Å². The van der Waals surface area contributed by atoms with Gasteiger partial charge in [-0.25, -0.2) is 0 Å². The number of para-hydroxylation sites is 4. The van der Waals surface area contributed by atoms with Crippen molar-refractivity contribution in [3.05, 3.63) is 218 Å². The Bertz CT molecular complexity index is 3310. The van der Waals surface area contributed by atoms with Gasteiger partial charge in [-0.3, -0.25) is 0 Å². The molecule has 4 heteroatoms. The van der Waals surface area contributed by atoms with E-state index in [9.17, 15) is 0 Å². The number of furan rings is 2. The molecule has 0 unspecified atom stereocenters. The van der Waals surface area contributed by atoms with Crippen LogP contribution in [0.4, 0.5) is 34.1 Å². The second-order valence-corrected chi connectivity index (χ2v) is 15.3. The Morgan fingerprint density at radius 2 is 0.583 bits per heavy atom. The Hall–Kier alpha value is -8.08. The van der Waals surface area contributed by atoms with Crippen molar-refractivity contribution < 1.29 is 8.83 Å². The second-order valence-electron chi connectivity index (χ2n) is 15.3. The van der Waals surface area contributed by atoms with E-state index in [1.165, 1.54) is 21.5 Å². The third kappa shape index (κ3) is 5.46. The van der Waals surface area contributed by atoms with Crippen molar-refractivity contribution in [1.29, 1.82) is 0 Å². The Balaban J connectivity index is 0.971. The summed E-state index contributed by atoms with van der Waals surface area (Å²) in [6.07, 6.45) is 0. The van der Waals surface area contributed by atoms with Crippen molar-refractivity contribution in [2.45, 2.75) is 0 Å². The average molecular weight is 769 g/mol. The highest BCUT2D eigenvalue weighted by Gasteiger charge is 2.23. The maximum atomic E-state index is 6.62. The zero-order valence-electron chi connectivity index (χ0n) is 32.5. The lowest BCUT2D eigenvalue weighted by Gasteiger charge is -2.27. The van der Waals surface area contributed by atoms with Gasteiger partial charge in [-0.1, -0.05) is 158 Å². The molecule has 0 saturated carbocycles. The van der Waals surface area contributed by atoms with E-state index in [4.69, 9.17) is 8.83 Å². The van der Waals surface area contributed by atoms with Crippen LogP contribution in [-0.4, -0.2) is 0 Å². The molecule has 0 radical (unpaired) electrons. The zero-order valence-corrected chi connectivity index (χ0v) is 32.5. The molecule has 0 spiro atoms. The number of hydrogen-bond donors (Lipinski definition) is 0. The minimum absolute atomic E-state index is 0.861. The van der Waals surface area contributed by atoms with Gasteiger partial charge in [0.05, 0.1) is 22.7 Å². The third-order valence-electron chi connectivity index (χ3n) is 11.8. The predicted octanol–water partition coefficient (Wildman–Crippen LogP) is 16.4. The summed E-state index contributed by atoms with van der Waals surface area (Å²) in [5, 5.41) is 9.12. The molecule has 0 amide bonds. The Morgan fingerprint density at radius 3 is 1.03 bits per heavy atom. The second kappa shape index (κ2) is 13.8. The first-order valence-electron chi connectivity index (χ1n) is 20.3. The molecule has 2 aromatic heterocycles. The lowest BCUT2D eigenvalue weighted by Crippen LogP contribution is -2.11. The molecule has 60 heavy (non-hydrogen) atoms. The van der Waals surface area contributed by atoms with Crippen molar-refractivity contribution in [2.75, 3.05) is 9.80 Å². The standard InChI is InChI=1S/C56H36N2O2/c1-3-17-43-39(13-1)15-9-23-49(43)57(51-25-11-21-47-45-19-5-7-27-53(45)59-55(47)51)41-33-29-37(30-34-41)38-31-35-42(36-32-38)58(50-24-10-16-40-14-2-4-18-44(40)50)52-26-12-22-48-46-20-6-8-28-54(46)60-56(48)52/h1-36H. The van der Waals surface area contributed by atoms with Crippen LogP contribution in [0.25, 0.3) is 76.5 Å². The van der Waals surface area contributed by atoms with Gasteiger partial charge in [0.15, 0.2) is 11.2 Å². The molecule has 0 aliphatic heterocycles. The molecule has 12 aromatic rings. The fourth-order valence-electron chi connectivity index (χ4n) is 9.05. The summed E-state index contributed by atoms with van der Waals surface area (Å²) in [6, 6.07) is 77.3. The van der Waals surface area contributed by atoms with Crippen LogP contribution in [-0.2, 0) is 0 Å². The van der Waals surface area contributed by atoms with Crippen LogP contribution in [0.1, 0.15) is 0 Å². The molecule has 0 aliphatic rings. The summed E-state index contributed by atoms with van der Waals surface area (Å²) in [6.45, 7) is 0. The molecule has 0 fully saturated rings. The molecule has 4 nitrogen and oxygen atoms in total. The van der Waals surface area contributed by atoms with E-state index in [-0.39, 0.29) is 0 Å². The van der Waals surface area contributed by atoms with Crippen LogP contribution >= 0.6 is 0 Å². The van der Waals surface area contributed by atoms with E-state index in [0.29, 0.717) is 0 Å². The zero-order chi connectivity index (χ0) is 39.6. The van der Waals surface area contributed by atoms with Crippen molar-refractivity contribution in [1.82, 2.24) is 0 Å². The number of nitrogens with zero attached hydrogens (tertiary/aromatic N) is 2. The molecule has 0 bridgehead atoms. The van der Waals surface area contributed by atoms with E-state index in [1.54, 1.807) is 0 Å². The number of fused-ring (bicyclic) bond motifs is 8. The highest BCUT2D eigenvalue weighted by molar-refractivity contribution is 6.13. The van der Waals surface area contributed by atoms with E-state index in [0.717, 1.165) is 89.1 Å². The van der Waals surface area contributed by atoms with Gasteiger partial charge in [-0.2, -0.15) is 0 Å². The monoisotopic (exact) mass is 768 g/mol. The maximum absolute atomic E-state index is 6.62. The molecule has 0 N–H and O–H groups in total. The van der Waals surface area contributed by atoms with E-state index < -0.39 is 0 Å². The minimum Gasteiger partial charge on any atom is -0.454 e. The highest BCUT2D eigenvalue weighted by atomic mass is 16.3. The van der Waals surface area contributed by atoms with Crippen LogP contribution in [0.5, 0.6) is 0 Å². The highest BCUT2D eigenvalue weighted by Crippen LogP contribution is 2.46. The first-order valence-corrected chi connectivity index (χ1v) is 20.3. The van der Waals surface area contributed by atoms with Crippen LogP contribution in [0.15, 0.2) is 227 Å². The normalized spacial score (nSPS) is 11.7. The molecule has 0 aliphatic carbocycles. The van der Waals surface area contributed by atoms with Gasteiger partial charge in [0.25, 0.3) is 0 Å². The molecule has 0 atom stereocenters. The largest absolute Gasteiger partial charge is 0.454 e. The quantitative estimate of drug-likeness (QED) is 0.162. The summed E-state index contributed by atoms with van der Waals surface area (Å²) in [5.74, 6) is 0. The van der Waals surface area contributed by atoms with Crippen molar-refractivity contribution in [3.8, 4) is 11.1 Å². The van der Waals surface area contributed by atoms with Crippen LogP contribution in [0.2, 0.25) is 0 Å². The Kier molecular flexibility index (Phi) is 7.82. The van der Waals surface area contributed by atoms with Crippen molar-refractivity contribution >= 4 is 99.5 Å².